The summed E-state index contributed by atoms with van der Waals surface area (Å²) in [6, 6.07) is 3.43. The predicted molar refractivity (Wildman–Crippen MR) is 148 cm³/mol. The van der Waals surface area contributed by atoms with E-state index in [0.717, 1.165) is 6.20 Å². The molecule has 0 bridgehead atoms. The molecule has 2 saturated heterocycles. The van der Waals surface area contributed by atoms with Crippen molar-refractivity contribution in [2.24, 2.45) is 5.73 Å². The summed E-state index contributed by atoms with van der Waals surface area (Å²) in [7, 11) is 0. The molecule has 0 unspecified atom stereocenters. The van der Waals surface area contributed by atoms with Crippen LogP contribution in [0.2, 0.25) is 0 Å². The number of amides is 2. The summed E-state index contributed by atoms with van der Waals surface area (Å²) in [4.78, 5) is 48.7. The van der Waals surface area contributed by atoms with Crippen LogP contribution in [0.25, 0.3) is 11.4 Å². The van der Waals surface area contributed by atoms with Crippen LogP contribution in [0.15, 0.2) is 30.7 Å². The Morgan fingerprint density at radius 1 is 1.05 bits per heavy atom. The molecule has 2 aliphatic heterocycles. The molecule has 0 aliphatic carbocycles. The van der Waals surface area contributed by atoms with E-state index in [0.29, 0.717) is 64.1 Å². The summed E-state index contributed by atoms with van der Waals surface area (Å²) in [5, 5.41) is 2.65. The maximum Gasteiger partial charge on any atom is 0.420 e. The Labute approximate surface area is 243 Å². The lowest BCUT2D eigenvalue weighted by atomic mass is 9.93. The molecule has 0 spiro atoms. The molecule has 2 amide bonds. The van der Waals surface area contributed by atoms with Crippen LogP contribution in [0.5, 0.6) is 0 Å². The van der Waals surface area contributed by atoms with Crippen LogP contribution in [0.3, 0.4) is 0 Å². The van der Waals surface area contributed by atoms with Crippen molar-refractivity contribution in [1.82, 2.24) is 24.9 Å². The number of halogens is 3. The number of nitrogens with two attached hydrogens (primary N) is 2. The number of aromatic nitrogens is 5. The average molecular weight is 603 g/mol. The maximum absolute atomic E-state index is 14.0. The van der Waals surface area contributed by atoms with Gasteiger partial charge in [-0.05, 0) is 19.1 Å². The molecule has 5 heterocycles. The van der Waals surface area contributed by atoms with Crippen molar-refractivity contribution in [2.75, 3.05) is 60.2 Å². The number of alkyl halides is 3. The molecule has 5 N–H and O–H groups in total. The molecule has 2 aliphatic rings. The van der Waals surface area contributed by atoms with Gasteiger partial charge in [0.1, 0.15) is 22.6 Å². The lowest BCUT2D eigenvalue weighted by Crippen LogP contribution is -2.46. The molecule has 5 rings (SSSR count). The van der Waals surface area contributed by atoms with Crippen LogP contribution >= 0.6 is 0 Å². The van der Waals surface area contributed by atoms with E-state index in [2.05, 4.69) is 30.2 Å². The minimum absolute atomic E-state index is 0.0629. The lowest BCUT2D eigenvalue weighted by Gasteiger charge is -2.39. The number of hydrogen-bond acceptors (Lipinski definition) is 12. The summed E-state index contributed by atoms with van der Waals surface area (Å²) in [5.41, 5.74) is 8.59. The van der Waals surface area contributed by atoms with Gasteiger partial charge in [0.25, 0.3) is 5.91 Å². The molecule has 228 valence electrons. The zero-order valence-electron chi connectivity index (χ0n) is 23.1. The van der Waals surface area contributed by atoms with E-state index in [1.165, 1.54) is 6.20 Å². The monoisotopic (exact) mass is 602 g/mol. The van der Waals surface area contributed by atoms with Gasteiger partial charge in [-0.1, -0.05) is 0 Å². The highest BCUT2D eigenvalue weighted by molar-refractivity contribution is 6.06. The second-order valence-corrected chi connectivity index (χ2v) is 10.2. The number of nitrogens with zero attached hydrogens (tertiary/aromatic N) is 7. The zero-order valence-corrected chi connectivity index (χ0v) is 23.1. The zero-order chi connectivity index (χ0) is 30.8. The van der Waals surface area contributed by atoms with Crippen LogP contribution in [0, 0.1) is 0 Å². The second-order valence-electron chi connectivity index (χ2n) is 10.2. The predicted octanol–water partition coefficient (Wildman–Crippen LogP) is 2.47. The van der Waals surface area contributed by atoms with E-state index in [1.54, 1.807) is 24.0 Å². The number of morpholine rings is 1. The normalized spacial score (nSPS) is 16.9. The standard InChI is InChI=1S/C26H29F3N10O4/c1-25(43-23(31)41)4-7-38(8-5-25)17-3-2-6-32-21(17)37-22(40)19-20(30)33-14-16(35-19)18-15(26(27,28)29)13-34-24(36-18)39-9-11-42-12-10-39/h2-3,6,13-14H,4-5,7-12H2,1H3,(H2,30,33)(H2,31,41)(H,32,37,40). The molecular weight excluding hydrogens is 573 g/mol. The molecule has 3 aromatic heterocycles. The van der Waals surface area contributed by atoms with E-state index in [1.807, 2.05) is 4.90 Å². The third-order valence-corrected chi connectivity index (χ3v) is 7.16. The fraction of sp³-hybridized carbons (Fsp3) is 0.423. The van der Waals surface area contributed by atoms with Gasteiger partial charge >= 0.3 is 12.3 Å². The number of primary amides is 1. The van der Waals surface area contributed by atoms with Crippen molar-refractivity contribution in [1.29, 1.82) is 0 Å². The van der Waals surface area contributed by atoms with Gasteiger partial charge in [0.05, 0.1) is 25.1 Å². The van der Waals surface area contributed by atoms with Crippen LogP contribution in [0.4, 0.5) is 41.2 Å². The molecule has 14 nitrogen and oxygen atoms in total. The molecule has 0 atom stereocenters. The van der Waals surface area contributed by atoms with Crippen LogP contribution in [-0.4, -0.2) is 81.9 Å². The average Bonchev–Trinajstić information content (AvgIpc) is 2.97. The third-order valence-electron chi connectivity index (χ3n) is 7.16. The molecular formula is C26H29F3N10O4. The first-order valence-corrected chi connectivity index (χ1v) is 13.3. The van der Waals surface area contributed by atoms with Crippen molar-refractivity contribution < 1.29 is 32.2 Å². The number of carbonyl (C=O) groups is 2. The van der Waals surface area contributed by atoms with Crippen LogP contribution in [-0.2, 0) is 15.7 Å². The Balaban J connectivity index is 1.42. The largest absolute Gasteiger partial charge is 0.443 e. The van der Waals surface area contributed by atoms with Crippen molar-refractivity contribution in [3.05, 3.63) is 42.0 Å². The summed E-state index contributed by atoms with van der Waals surface area (Å²) >= 11 is 0. The van der Waals surface area contributed by atoms with Gasteiger partial charge in [0.15, 0.2) is 17.3 Å². The Morgan fingerprint density at radius 3 is 2.44 bits per heavy atom. The van der Waals surface area contributed by atoms with Gasteiger partial charge in [-0.25, -0.2) is 29.7 Å². The summed E-state index contributed by atoms with van der Waals surface area (Å²) in [6.07, 6.45) is -1.52. The van der Waals surface area contributed by atoms with E-state index in [4.69, 9.17) is 20.9 Å². The SMILES string of the molecule is CC1(OC(N)=O)CCN(c2cccnc2NC(=O)c2nc(-c3nc(N4CCOCC4)ncc3C(F)(F)F)cnc2N)CC1. The number of hydrogen-bond donors (Lipinski definition) is 3. The number of piperidine rings is 1. The van der Waals surface area contributed by atoms with E-state index < -0.39 is 40.7 Å². The molecule has 0 saturated carbocycles. The fourth-order valence-corrected chi connectivity index (χ4v) is 4.85. The lowest BCUT2D eigenvalue weighted by molar-refractivity contribution is -0.137. The van der Waals surface area contributed by atoms with Gasteiger partial charge < -0.3 is 36.1 Å². The number of pyridine rings is 1. The molecule has 17 heteroatoms. The van der Waals surface area contributed by atoms with E-state index in [-0.39, 0.29) is 23.3 Å². The van der Waals surface area contributed by atoms with Crippen LogP contribution in [0.1, 0.15) is 35.8 Å². The van der Waals surface area contributed by atoms with Crippen LogP contribution < -0.4 is 26.6 Å². The fourth-order valence-electron chi connectivity index (χ4n) is 4.85. The minimum atomic E-state index is -4.81. The molecule has 2 fully saturated rings. The summed E-state index contributed by atoms with van der Waals surface area (Å²) in [5.74, 6) is -0.895. The molecule has 0 aromatic carbocycles. The molecule has 43 heavy (non-hydrogen) atoms. The highest BCUT2D eigenvalue weighted by Crippen LogP contribution is 2.36. The van der Waals surface area contributed by atoms with Crippen molar-refractivity contribution in [2.45, 2.75) is 31.5 Å². The van der Waals surface area contributed by atoms with Gasteiger partial charge in [-0.15, -0.1) is 0 Å². The topological polar surface area (TPSA) is 188 Å². The minimum Gasteiger partial charge on any atom is -0.443 e. The van der Waals surface area contributed by atoms with Crippen molar-refractivity contribution in [3.8, 4) is 11.4 Å². The number of anilines is 4. The van der Waals surface area contributed by atoms with E-state index >= 15 is 0 Å². The van der Waals surface area contributed by atoms with Gasteiger partial charge in [-0.2, -0.15) is 13.2 Å². The van der Waals surface area contributed by atoms with Gasteiger partial charge in [0, 0.05) is 51.4 Å². The van der Waals surface area contributed by atoms with Crippen molar-refractivity contribution in [3.63, 3.8) is 0 Å². The Morgan fingerprint density at radius 2 is 1.77 bits per heavy atom. The Hall–Kier alpha value is -4.80. The number of nitrogens with one attached hydrogen (secondary N) is 1. The highest BCUT2D eigenvalue weighted by atomic mass is 19.4. The first kappa shape index (κ1) is 29.7. The number of rotatable bonds is 6. The first-order chi connectivity index (χ1) is 20.4. The first-order valence-electron chi connectivity index (χ1n) is 13.3. The molecule has 3 aromatic rings. The second kappa shape index (κ2) is 11.8. The van der Waals surface area contributed by atoms with Gasteiger partial charge in [-0.3, -0.25) is 4.79 Å². The number of carbonyl (C=O) groups excluding carboxylic acids is 2. The quantitative estimate of drug-likeness (QED) is 0.375. The maximum atomic E-state index is 14.0. The van der Waals surface area contributed by atoms with Crippen molar-refractivity contribution >= 4 is 35.3 Å². The number of ether oxygens (including phenoxy) is 2. The third kappa shape index (κ3) is 6.66. The molecule has 0 radical (unpaired) electrons. The summed E-state index contributed by atoms with van der Waals surface area (Å²) in [6.45, 7) is 4.27. The Kier molecular flexibility index (Phi) is 8.16. The van der Waals surface area contributed by atoms with E-state index in [9.17, 15) is 22.8 Å². The Bertz CT molecular complexity index is 1510. The van der Waals surface area contributed by atoms with Gasteiger partial charge in [0.2, 0.25) is 5.95 Å². The summed E-state index contributed by atoms with van der Waals surface area (Å²) < 4.78 is 52.4. The highest BCUT2D eigenvalue weighted by Gasteiger charge is 2.37. The smallest absolute Gasteiger partial charge is 0.420 e. The number of nitrogen functional groups attached to an aromatic ring is 1.